The van der Waals surface area contributed by atoms with Crippen molar-refractivity contribution in [2.45, 2.75) is 25.8 Å². The first kappa shape index (κ1) is 17.4. The van der Waals surface area contributed by atoms with Crippen LogP contribution in [0.15, 0.2) is 27.1 Å². The van der Waals surface area contributed by atoms with Crippen LogP contribution in [0.3, 0.4) is 0 Å². The van der Waals surface area contributed by atoms with Gasteiger partial charge in [-0.05, 0) is 38.0 Å². The highest BCUT2D eigenvalue weighted by Crippen LogP contribution is 2.28. The Bertz CT molecular complexity index is 891. The van der Waals surface area contributed by atoms with E-state index in [0.717, 1.165) is 28.3 Å². The summed E-state index contributed by atoms with van der Waals surface area (Å²) in [6, 6.07) is 5.38. The fourth-order valence-corrected chi connectivity index (χ4v) is 4.29. The molecule has 1 saturated heterocycles. The number of halogens is 1. The number of aryl methyl sites for hydroxylation is 1. The van der Waals surface area contributed by atoms with Crippen molar-refractivity contribution in [2.75, 3.05) is 19.3 Å². The second kappa shape index (κ2) is 6.50. The average molecular weight is 415 g/mol. The summed E-state index contributed by atoms with van der Waals surface area (Å²) < 4.78 is 31.4. The number of hydrogen-bond donors (Lipinski definition) is 1. The van der Waals surface area contributed by atoms with Crippen LogP contribution >= 0.6 is 15.9 Å². The smallest absolute Gasteiger partial charge is 0.287 e. The molecular weight excluding hydrogens is 396 g/mol. The van der Waals surface area contributed by atoms with Crippen molar-refractivity contribution in [3.63, 3.8) is 0 Å². The molecule has 1 aliphatic rings. The Labute approximate surface area is 149 Å². The van der Waals surface area contributed by atoms with E-state index in [9.17, 15) is 13.2 Å². The van der Waals surface area contributed by atoms with Crippen LogP contribution in [0, 0.1) is 6.92 Å². The van der Waals surface area contributed by atoms with E-state index in [1.54, 1.807) is 0 Å². The molecule has 8 heteroatoms. The molecule has 0 saturated carbocycles. The SMILES string of the molecule is Cc1c(C(=O)NC2CCCN(S(C)(=O)=O)C2)oc2ccc(Br)cc12. The maximum Gasteiger partial charge on any atom is 0.287 e. The van der Waals surface area contributed by atoms with Gasteiger partial charge < -0.3 is 9.73 Å². The fourth-order valence-electron chi connectivity index (χ4n) is 3.02. The van der Waals surface area contributed by atoms with Crippen molar-refractivity contribution >= 4 is 42.8 Å². The molecule has 6 nitrogen and oxygen atoms in total. The lowest BCUT2D eigenvalue weighted by molar-refractivity contribution is 0.0894. The maximum absolute atomic E-state index is 12.6. The number of carbonyl (C=O) groups excluding carboxylic acids is 1. The van der Waals surface area contributed by atoms with Gasteiger partial charge in [-0.15, -0.1) is 0 Å². The predicted octanol–water partition coefficient (Wildman–Crippen LogP) is 2.66. The summed E-state index contributed by atoms with van der Waals surface area (Å²) in [5, 5.41) is 3.79. The van der Waals surface area contributed by atoms with Crippen molar-refractivity contribution in [3.05, 3.63) is 34.0 Å². The van der Waals surface area contributed by atoms with Gasteiger partial charge in [0.1, 0.15) is 5.58 Å². The molecule has 1 amide bonds. The number of piperidine rings is 1. The van der Waals surface area contributed by atoms with Crippen LogP contribution in [0.1, 0.15) is 29.0 Å². The number of carbonyl (C=O) groups is 1. The van der Waals surface area contributed by atoms with Gasteiger partial charge in [-0.25, -0.2) is 12.7 Å². The maximum atomic E-state index is 12.6. The minimum atomic E-state index is -3.24. The lowest BCUT2D eigenvalue weighted by Gasteiger charge is -2.31. The second-order valence-electron chi connectivity index (χ2n) is 6.13. The topological polar surface area (TPSA) is 79.6 Å². The molecule has 3 rings (SSSR count). The summed E-state index contributed by atoms with van der Waals surface area (Å²) in [5.74, 6) is -0.0280. The zero-order valence-corrected chi connectivity index (χ0v) is 15.9. The quantitative estimate of drug-likeness (QED) is 0.836. The number of nitrogens with one attached hydrogen (secondary N) is 1. The molecule has 0 spiro atoms. The number of amides is 1. The Morgan fingerprint density at radius 2 is 2.17 bits per heavy atom. The minimum Gasteiger partial charge on any atom is -0.451 e. The number of rotatable bonds is 3. The number of nitrogens with zero attached hydrogens (tertiary/aromatic N) is 1. The number of furan rings is 1. The summed E-state index contributed by atoms with van der Waals surface area (Å²) in [7, 11) is -3.24. The van der Waals surface area contributed by atoms with Crippen molar-refractivity contribution in [2.24, 2.45) is 0 Å². The summed E-state index contributed by atoms with van der Waals surface area (Å²) >= 11 is 3.41. The number of sulfonamides is 1. The first-order valence-corrected chi connectivity index (χ1v) is 10.3. The van der Waals surface area contributed by atoms with E-state index in [4.69, 9.17) is 4.42 Å². The third kappa shape index (κ3) is 3.50. The van der Waals surface area contributed by atoms with Crippen LogP contribution in [-0.4, -0.2) is 44.0 Å². The van der Waals surface area contributed by atoms with E-state index in [-0.39, 0.29) is 17.7 Å². The Morgan fingerprint density at radius 1 is 1.42 bits per heavy atom. The molecule has 1 N–H and O–H groups in total. The van der Waals surface area contributed by atoms with E-state index in [2.05, 4.69) is 21.2 Å². The van der Waals surface area contributed by atoms with Crippen molar-refractivity contribution in [1.29, 1.82) is 0 Å². The van der Waals surface area contributed by atoms with Gasteiger partial charge in [-0.2, -0.15) is 0 Å². The van der Waals surface area contributed by atoms with Crippen LogP contribution in [0.25, 0.3) is 11.0 Å². The second-order valence-corrected chi connectivity index (χ2v) is 9.03. The largest absolute Gasteiger partial charge is 0.451 e. The summed E-state index contributed by atoms with van der Waals surface area (Å²) in [5.41, 5.74) is 1.43. The third-order valence-electron chi connectivity index (χ3n) is 4.29. The molecule has 1 aliphatic heterocycles. The molecular formula is C16H19BrN2O4S. The van der Waals surface area contributed by atoms with Gasteiger partial charge in [0.05, 0.1) is 6.26 Å². The molecule has 1 atom stereocenters. The Morgan fingerprint density at radius 3 is 2.88 bits per heavy atom. The summed E-state index contributed by atoms with van der Waals surface area (Å²) in [6.45, 7) is 2.65. The van der Waals surface area contributed by atoms with Crippen molar-refractivity contribution < 1.29 is 17.6 Å². The molecule has 0 radical (unpaired) electrons. The van der Waals surface area contributed by atoms with E-state index in [1.165, 1.54) is 10.6 Å². The zero-order valence-electron chi connectivity index (χ0n) is 13.5. The van der Waals surface area contributed by atoms with Gasteiger partial charge in [-0.1, -0.05) is 15.9 Å². The highest BCUT2D eigenvalue weighted by molar-refractivity contribution is 9.10. The molecule has 1 fully saturated rings. The number of benzene rings is 1. The van der Waals surface area contributed by atoms with Gasteiger partial charge in [-0.3, -0.25) is 4.79 Å². The molecule has 2 heterocycles. The predicted molar refractivity (Wildman–Crippen MR) is 95.6 cm³/mol. The molecule has 0 bridgehead atoms. The van der Waals surface area contributed by atoms with Gasteiger partial charge in [0.25, 0.3) is 5.91 Å². The molecule has 24 heavy (non-hydrogen) atoms. The minimum absolute atomic E-state index is 0.208. The van der Waals surface area contributed by atoms with Crippen LogP contribution in [0.5, 0.6) is 0 Å². The first-order valence-electron chi connectivity index (χ1n) is 7.70. The highest BCUT2D eigenvalue weighted by Gasteiger charge is 2.28. The molecule has 1 aromatic heterocycles. The number of fused-ring (bicyclic) bond motifs is 1. The molecule has 1 unspecified atom stereocenters. The fraction of sp³-hybridized carbons (Fsp3) is 0.438. The monoisotopic (exact) mass is 414 g/mol. The summed E-state index contributed by atoms with van der Waals surface area (Å²) in [6.07, 6.45) is 2.67. The summed E-state index contributed by atoms with van der Waals surface area (Å²) in [4.78, 5) is 12.6. The third-order valence-corrected chi connectivity index (χ3v) is 6.06. The average Bonchev–Trinajstić information content (AvgIpc) is 2.84. The van der Waals surface area contributed by atoms with Crippen molar-refractivity contribution in [3.8, 4) is 0 Å². The standard InChI is InChI=1S/C16H19BrN2O4S/c1-10-13-8-11(17)5-6-14(13)23-15(10)16(20)18-12-4-3-7-19(9-12)24(2,21)22/h5-6,8,12H,3-4,7,9H2,1-2H3,(H,18,20). The Hall–Kier alpha value is -1.38. The van der Waals surface area contributed by atoms with Gasteiger partial charge >= 0.3 is 0 Å². The molecule has 0 aliphatic carbocycles. The van der Waals surface area contributed by atoms with Crippen LogP contribution in [0.2, 0.25) is 0 Å². The highest BCUT2D eigenvalue weighted by atomic mass is 79.9. The molecule has 1 aromatic carbocycles. The lowest BCUT2D eigenvalue weighted by atomic mass is 10.1. The van der Waals surface area contributed by atoms with E-state index in [0.29, 0.717) is 18.7 Å². The molecule has 2 aromatic rings. The van der Waals surface area contributed by atoms with Crippen molar-refractivity contribution in [1.82, 2.24) is 9.62 Å². The van der Waals surface area contributed by atoms with Gasteiger partial charge in [0.2, 0.25) is 10.0 Å². The van der Waals surface area contributed by atoms with Gasteiger partial charge in [0, 0.05) is 34.6 Å². The van der Waals surface area contributed by atoms with Crippen LogP contribution < -0.4 is 5.32 Å². The van der Waals surface area contributed by atoms with Crippen LogP contribution in [0.4, 0.5) is 0 Å². The normalized spacial score (nSPS) is 19.5. The zero-order chi connectivity index (χ0) is 17.5. The lowest BCUT2D eigenvalue weighted by Crippen LogP contribution is -2.49. The first-order chi connectivity index (χ1) is 11.3. The van der Waals surface area contributed by atoms with E-state index < -0.39 is 10.0 Å². The Balaban J connectivity index is 1.79. The van der Waals surface area contributed by atoms with E-state index >= 15 is 0 Å². The number of hydrogen-bond acceptors (Lipinski definition) is 4. The Kier molecular flexibility index (Phi) is 4.72. The van der Waals surface area contributed by atoms with E-state index in [1.807, 2.05) is 25.1 Å². The molecule has 130 valence electrons. The van der Waals surface area contributed by atoms with Crippen LogP contribution in [-0.2, 0) is 10.0 Å². The van der Waals surface area contributed by atoms with Gasteiger partial charge in [0.15, 0.2) is 5.76 Å².